The van der Waals surface area contributed by atoms with E-state index in [9.17, 15) is 14.0 Å². The van der Waals surface area contributed by atoms with Crippen LogP contribution in [0.1, 0.15) is 18.1 Å². The summed E-state index contributed by atoms with van der Waals surface area (Å²) in [7, 11) is 1.53. The van der Waals surface area contributed by atoms with Gasteiger partial charge in [0.25, 0.3) is 0 Å². The molecule has 0 saturated carbocycles. The number of rotatable bonds is 5. The van der Waals surface area contributed by atoms with Crippen molar-refractivity contribution in [1.29, 1.82) is 0 Å². The van der Waals surface area contributed by atoms with Gasteiger partial charge in [-0.1, -0.05) is 19.1 Å². The minimum absolute atomic E-state index is 0.129. The number of carbonyl (C=O) groups excluding carboxylic acids is 1. The highest BCUT2D eigenvalue weighted by atomic mass is 19.1. The van der Waals surface area contributed by atoms with Crippen molar-refractivity contribution in [2.45, 2.75) is 20.4 Å². The molecule has 0 aliphatic heterocycles. The molecule has 0 fully saturated rings. The lowest BCUT2D eigenvalue weighted by molar-refractivity contribution is -0.141. The minimum atomic E-state index is -0.946. The van der Waals surface area contributed by atoms with Gasteiger partial charge < -0.3 is 15.3 Å². The second kappa shape index (κ2) is 6.88. The average Bonchev–Trinajstić information content (AvgIpc) is 2.39. The van der Waals surface area contributed by atoms with Crippen LogP contribution >= 0.6 is 0 Å². The molecule has 0 aromatic heterocycles. The standard InChI is InChI=1S/C14H19FN2O3/c1-9-6-11(4-5-12(9)15)7-16-14(20)17(3)8-10(2)13(18)19/h4-6,10H,7-8H2,1-3H3,(H,16,20)(H,18,19). The first-order valence-corrected chi connectivity index (χ1v) is 6.28. The van der Waals surface area contributed by atoms with E-state index in [1.807, 2.05) is 0 Å². The summed E-state index contributed by atoms with van der Waals surface area (Å²) in [6.07, 6.45) is 0. The van der Waals surface area contributed by atoms with E-state index in [2.05, 4.69) is 5.32 Å². The first kappa shape index (κ1) is 15.9. The average molecular weight is 282 g/mol. The van der Waals surface area contributed by atoms with E-state index in [-0.39, 0.29) is 24.9 Å². The van der Waals surface area contributed by atoms with Crippen molar-refractivity contribution < 1.29 is 19.1 Å². The summed E-state index contributed by atoms with van der Waals surface area (Å²) in [5.74, 6) is -1.86. The van der Waals surface area contributed by atoms with Gasteiger partial charge in [0.1, 0.15) is 5.82 Å². The molecular formula is C14H19FN2O3. The Hall–Kier alpha value is -2.11. The Labute approximate surface area is 117 Å². The molecule has 0 radical (unpaired) electrons. The number of aryl methyl sites for hydroxylation is 1. The molecule has 1 unspecified atom stereocenters. The van der Waals surface area contributed by atoms with Crippen LogP contribution in [-0.2, 0) is 11.3 Å². The van der Waals surface area contributed by atoms with Crippen LogP contribution in [0.25, 0.3) is 0 Å². The number of urea groups is 1. The van der Waals surface area contributed by atoms with Crippen molar-refractivity contribution >= 4 is 12.0 Å². The molecule has 6 heteroatoms. The van der Waals surface area contributed by atoms with E-state index >= 15 is 0 Å². The molecule has 0 heterocycles. The highest BCUT2D eigenvalue weighted by Crippen LogP contribution is 2.09. The zero-order valence-corrected chi connectivity index (χ0v) is 11.8. The van der Waals surface area contributed by atoms with E-state index < -0.39 is 11.9 Å². The predicted molar refractivity (Wildman–Crippen MR) is 72.8 cm³/mol. The van der Waals surface area contributed by atoms with Gasteiger partial charge in [-0.2, -0.15) is 0 Å². The molecule has 2 N–H and O–H groups in total. The second-order valence-electron chi connectivity index (χ2n) is 4.86. The molecule has 0 aliphatic carbocycles. The van der Waals surface area contributed by atoms with Crippen molar-refractivity contribution in [1.82, 2.24) is 10.2 Å². The van der Waals surface area contributed by atoms with Crippen molar-refractivity contribution in [3.63, 3.8) is 0 Å². The summed E-state index contributed by atoms with van der Waals surface area (Å²) < 4.78 is 13.1. The molecule has 2 amide bonds. The number of carbonyl (C=O) groups is 2. The second-order valence-corrected chi connectivity index (χ2v) is 4.86. The lowest BCUT2D eigenvalue weighted by Crippen LogP contribution is -2.40. The normalized spacial score (nSPS) is 11.8. The predicted octanol–water partition coefficient (Wildman–Crippen LogP) is 2.00. The van der Waals surface area contributed by atoms with Gasteiger partial charge in [0, 0.05) is 20.1 Å². The zero-order valence-electron chi connectivity index (χ0n) is 11.8. The SMILES string of the molecule is Cc1cc(CNC(=O)N(C)CC(C)C(=O)O)ccc1F. The summed E-state index contributed by atoms with van der Waals surface area (Å²) >= 11 is 0. The number of hydrogen-bond acceptors (Lipinski definition) is 2. The lowest BCUT2D eigenvalue weighted by Gasteiger charge is -2.20. The Morgan fingerprint density at radius 1 is 1.45 bits per heavy atom. The number of carboxylic acid groups (broad SMARTS) is 1. The van der Waals surface area contributed by atoms with Crippen molar-refractivity contribution in [3.05, 3.63) is 35.1 Å². The minimum Gasteiger partial charge on any atom is -0.481 e. The van der Waals surface area contributed by atoms with E-state index in [1.54, 1.807) is 19.1 Å². The van der Waals surface area contributed by atoms with Crippen LogP contribution < -0.4 is 5.32 Å². The first-order valence-electron chi connectivity index (χ1n) is 6.28. The van der Waals surface area contributed by atoms with E-state index in [0.29, 0.717) is 5.56 Å². The largest absolute Gasteiger partial charge is 0.481 e. The Kier molecular flexibility index (Phi) is 5.49. The van der Waals surface area contributed by atoms with Crippen molar-refractivity contribution in [2.75, 3.05) is 13.6 Å². The fraction of sp³-hybridized carbons (Fsp3) is 0.429. The van der Waals surface area contributed by atoms with Gasteiger partial charge in [-0.15, -0.1) is 0 Å². The summed E-state index contributed by atoms with van der Waals surface area (Å²) in [4.78, 5) is 23.8. The number of aliphatic carboxylic acids is 1. The summed E-state index contributed by atoms with van der Waals surface area (Å²) in [6.45, 7) is 3.59. The molecule has 0 bridgehead atoms. The maximum atomic E-state index is 13.1. The maximum Gasteiger partial charge on any atom is 0.317 e. The molecule has 1 aromatic carbocycles. The van der Waals surface area contributed by atoms with Gasteiger partial charge in [0.05, 0.1) is 5.92 Å². The van der Waals surface area contributed by atoms with Crippen LogP contribution in [0.15, 0.2) is 18.2 Å². The van der Waals surface area contributed by atoms with E-state index in [1.165, 1.54) is 24.9 Å². The quantitative estimate of drug-likeness (QED) is 0.867. The summed E-state index contributed by atoms with van der Waals surface area (Å²) in [5, 5.41) is 11.4. The molecule has 1 aromatic rings. The number of hydrogen-bond donors (Lipinski definition) is 2. The number of nitrogens with zero attached hydrogens (tertiary/aromatic N) is 1. The lowest BCUT2D eigenvalue weighted by atomic mass is 10.1. The third-order valence-corrected chi connectivity index (χ3v) is 2.98. The van der Waals surface area contributed by atoms with Crippen LogP contribution in [0.4, 0.5) is 9.18 Å². The van der Waals surface area contributed by atoms with E-state index in [0.717, 1.165) is 5.56 Å². The number of benzene rings is 1. The number of carboxylic acids is 1. The monoisotopic (exact) mass is 282 g/mol. The van der Waals surface area contributed by atoms with Crippen LogP contribution in [0.3, 0.4) is 0 Å². The highest BCUT2D eigenvalue weighted by Gasteiger charge is 2.17. The van der Waals surface area contributed by atoms with Gasteiger partial charge in [-0.25, -0.2) is 9.18 Å². The fourth-order valence-corrected chi connectivity index (χ4v) is 1.70. The van der Waals surface area contributed by atoms with Crippen LogP contribution in [0.5, 0.6) is 0 Å². The molecule has 1 rings (SSSR count). The number of nitrogens with one attached hydrogen (secondary N) is 1. The Morgan fingerprint density at radius 3 is 2.65 bits per heavy atom. The van der Waals surface area contributed by atoms with Crippen LogP contribution in [0, 0.1) is 18.7 Å². The molecule has 0 aliphatic rings. The summed E-state index contributed by atoms with van der Waals surface area (Å²) in [6, 6.07) is 4.26. The van der Waals surface area contributed by atoms with Gasteiger partial charge in [-0.3, -0.25) is 4.79 Å². The third-order valence-electron chi connectivity index (χ3n) is 2.98. The van der Waals surface area contributed by atoms with Gasteiger partial charge in [0.15, 0.2) is 0 Å². The third kappa shape index (κ3) is 4.53. The molecule has 1 atom stereocenters. The Balaban J connectivity index is 2.50. The topological polar surface area (TPSA) is 69.6 Å². The number of halogens is 1. The molecule has 5 nitrogen and oxygen atoms in total. The van der Waals surface area contributed by atoms with Gasteiger partial charge in [-0.05, 0) is 24.1 Å². The Morgan fingerprint density at radius 2 is 2.10 bits per heavy atom. The maximum absolute atomic E-state index is 13.1. The number of amides is 2. The van der Waals surface area contributed by atoms with Crippen LogP contribution in [-0.4, -0.2) is 35.6 Å². The Bertz CT molecular complexity index is 505. The molecule has 0 saturated heterocycles. The van der Waals surface area contributed by atoms with Gasteiger partial charge in [0.2, 0.25) is 0 Å². The zero-order chi connectivity index (χ0) is 15.3. The molecule has 110 valence electrons. The first-order chi connectivity index (χ1) is 9.31. The van der Waals surface area contributed by atoms with E-state index in [4.69, 9.17) is 5.11 Å². The van der Waals surface area contributed by atoms with Crippen LogP contribution in [0.2, 0.25) is 0 Å². The van der Waals surface area contributed by atoms with Crippen molar-refractivity contribution in [2.24, 2.45) is 5.92 Å². The molecule has 0 spiro atoms. The highest BCUT2D eigenvalue weighted by molar-refractivity contribution is 5.75. The van der Waals surface area contributed by atoms with Crippen molar-refractivity contribution in [3.8, 4) is 0 Å². The molecular weight excluding hydrogens is 263 g/mol. The molecule has 20 heavy (non-hydrogen) atoms. The fourth-order valence-electron chi connectivity index (χ4n) is 1.70. The summed E-state index contributed by atoms with van der Waals surface area (Å²) in [5.41, 5.74) is 1.31. The smallest absolute Gasteiger partial charge is 0.317 e. The van der Waals surface area contributed by atoms with Gasteiger partial charge >= 0.3 is 12.0 Å².